The zero-order chi connectivity index (χ0) is 13.1. The number of aliphatic hydroxyl groups excluding tert-OH is 1. The molecule has 3 rings (SSSR count). The van der Waals surface area contributed by atoms with Gasteiger partial charge in [0.1, 0.15) is 0 Å². The molecule has 100 valence electrons. The van der Waals surface area contributed by atoms with Crippen molar-refractivity contribution in [2.75, 3.05) is 6.61 Å². The third-order valence-corrected chi connectivity index (χ3v) is 6.40. The summed E-state index contributed by atoms with van der Waals surface area (Å²) in [6.07, 6.45) is 4.76. The predicted octanol–water partition coefficient (Wildman–Crippen LogP) is 2.45. The molecule has 3 heteroatoms. The van der Waals surface area contributed by atoms with Crippen LogP contribution in [-0.4, -0.2) is 22.8 Å². The third-order valence-electron chi connectivity index (χ3n) is 6.40. The topological polar surface area (TPSA) is 57.5 Å². The van der Waals surface area contributed by atoms with Gasteiger partial charge >= 0.3 is 5.97 Å². The van der Waals surface area contributed by atoms with Crippen LogP contribution in [-0.2, 0) is 4.79 Å². The average Bonchev–Trinajstić information content (AvgIpc) is 2.91. The second-order valence-electron chi connectivity index (χ2n) is 6.79. The maximum atomic E-state index is 11.5. The standard InChI is InChI=1S/C15H22O3/c1-9-11-3-4-12(13(17)18)15(11)6-5-10(7-15)14(9,2)8-16/h10-12,16H,1,3-8H2,2H3,(H,17,18). The van der Waals surface area contributed by atoms with Crippen molar-refractivity contribution in [2.24, 2.45) is 28.6 Å². The van der Waals surface area contributed by atoms with Crippen molar-refractivity contribution in [1.82, 2.24) is 0 Å². The number of fused-ring (bicyclic) bond motifs is 1. The first-order valence-electron chi connectivity index (χ1n) is 6.98. The smallest absolute Gasteiger partial charge is 0.307 e. The highest BCUT2D eigenvalue weighted by Gasteiger charge is 2.64. The first-order valence-corrected chi connectivity index (χ1v) is 6.98. The summed E-state index contributed by atoms with van der Waals surface area (Å²) in [5.74, 6) is -0.0771. The quantitative estimate of drug-likeness (QED) is 0.740. The molecule has 0 amide bonds. The summed E-state index contributed by atoms with van der Waals surface area (Å²) in [6, 6.07) is 0. The molecule has 3 saturated carbocycles. The van der Waals surface area contributed by atoms with E-state index in [9.17, 15) is 15.0 Å². The van der Waals surface area contributed by atoms with E-state index in [0.29, 0.717) is 11.8 Å². The third kappa shape index (κ3) is 1.21. The maximum Gasteiger partial charge on any atom is 0.307 e. The first kappa shape index (κ1) is 12.2. The van der Waals surface area contributed by atoms with Crippen molar-refractivity contribution in [3.05, 3.63) is 12.2 Å². The lowest BCUT2D eigenvalue weighted by Crippen LogP contribution is -2.45. The first-order chi connectivity index (χ1) is 8.45. The fraction of sp³-hybridized carbons (Fsp3) is 0.800. The number of carbonyl (C=O) groups is 1. The Morgan fingerprint density at radius 1 is 1.44 bits per heavy atom. The van der Waals surface area contributed by atoms with E-state index >= 15 is 0 Å². The van der Waals surface area contributed by atoms with E-state index in [2.05, 4.69) is 13.5 Å². The molecule has 3 nitrogen and oxygen atoms in total. The second-order valence-corrected chi connectivity index (χ2v) is 6.79. The van der Waals surface area contributed by atoms with Crippen LogP contribution in [0.1, 0.15) is 39.0 Å². The summed E-state index contributed by atoms with van der Waals surface area (Å²) in [4.78, 5) is 11.5. The summed E-state index contributed by atoms with van der Waals surface area (Å²) in [6.45, 7) is 6.53. The second kappa shape index (κ2) is 3.60. The minimum atomic E-state index is -0.626. The number of aliphatic hydroxyl groups is 1. The Morgan fingerprint density at radius 3 is 2.78 bits per heavy atom. The largest absolute Gasteiger partial charge is 0.481 e. The van der Waals surface area contributed by atoms with E-state index < -0.39 is 5.97 Å². The van der Waals surface area contributed by atoms with Crippen LogP contribution in [0.15, 0.2) is 12.2 Å². The number of carboxylic acid groups (broad SMARTS) is 1. The van der Waals surface area contributed by atoms with Crippen molar-refractivity contribution in [2.45, 2.75) is 39.0 Å². The Balaban J connectivity index is 2.03. The molecule has 1 spiro atoms. The van der Waals surface area contributed by atoms with Gasteiger partial charge in [0.05, 0.1) is 12.5 Å². The van der Waals surface area contributed by atoms with Crippen LogP contribution in [0.4, 0.5) is 0 Å². The highest BCUT2D eigenvalue weighted by Crippen LogP contribution is 2.70. The van der Waals surface area contributed by atoms with Crippen LogP contribution in [0.25, 0.3) is 0 Å². The lowest BCUT2D eigenvalue weighted by molar-refractivity contribution is -0.146. The van der Waals surface area contributed by atoms with Crippen LogP contribution in [0, 0.1) is 28.6 Å². The number of carboxylic acids is 1. The lowest BCUT2D eigenvalue weighted by Gasteiger charge is -2.49. The average molecular weight is 250 g/mol. The Kier molecular flexibility index (Phi) is 2.44. The van der Waals surface area contributed by atoms with Crippen molar-refractivity contribution < 1.29 is 15.0 Å². The van der Waals surface area contributed by atoms with Crippen LogP contribution in [0.2, 0.25) is 0 Å². The van der Waals surface area contributed by atoms with Gasteiger partial charge in [0.15, 0.2) is 0 Å². The zero-order valence-corrected chi connectivity index (χ0v) is 11.0. The maximum absolute atomic E-state index is 11.5. The van der Waals surface area contributed by atoms with Crippen molar-refractivity contribution in [3.8, 4) is 0 Å². The van der Waals surface area contributed by atoms with Crippen molar-refractivity contribution in [3.63, 3.8) is 0 Å². The fourth-order valence-corrected chi connectivity index (χ4v) is 5.22. The zero-order valence-electron chi connectivity index (χ0n) is 11.0. The summed E-state index contributed by atoms with van der Waals surface area (Å²) >= 11 is 0. The molecular formula is C15H22O3. The SMILES string of the molecule is C=C1C2CCC(C(=O)O)C23CCC(C3)C1(C)CO. The minimum absolute atomic E-state index is 0.0394. The molecule has 0 heterocycles. The van der Waals surface area contributed by atoms with Gasteiger partial charge in [-0.15, -0.1) is 0 Å². The van der Waals surface area contributed by atoms with Gasteiger partial charge in [-0.2, -0.15) is 0 Å². The van der Waals surface area contributed by atoms with E-state index in [1.54, 1.807) is 0 Å². The summed E-state index contributed by atoms with van der Waals surface area (Å²) in [5, 5.41) is 19.2. The van der Waals surface area contributed by atoms with Gasteiger partial charge in [0.2, 0.25) is 0 Å². The molecule has 18 heavy (non-hydrogen) atoms. The fourth-order valence-electron chi connectivity index (χ4n) is 5.22. The molecular weight excluding hydrogens is 228 g/mol. The van der Waals surface area contributed by atoms with E-state index in [4.69, 9.17) is 0 Å². The number of aliphatic carboxylic acids is 1. The van der Waals surface area contributed by atoms with Crippen LogP contribution in [0.3, 0.4) is 0 Å². The summed E-state index contributed by atoms with van der Waals surface area (Å²) < 4.78 is 0. The van der Waals surface area contributed by atoms with E-state index in [-0.39, 0.29) is 23.4 Å². The molecule has 2 bridgehead atoms. The molecule has 0 aliphatic heterocycles. The minimum Gasteiger partial charge on any atom is -0.481 e. The molecule has 2 N–H and O–H groups in total. The van der Waals surface area contributed by atoms with Gasteiger partial charge in [0.25, 0.3) is 0 Å². The molecule has 0 aromatic carbocycles. The summed E-state index contributed by atoms with van der Waals surface area (Å²) in [5.41, 5.74) is 0.905. The predicted molar refractivity (Wildman–Crippen MR) is 68.0 cm³/mol. The molecule has 5 atom stereocenters. The van der Waals surface area contributed by atoms with Gasteiger partial charge < -0.3 is 10.2 Å². The van der Waals surface area contributed by atoms with Crippen LogP contribution in [0.5, 0.6) is 0 Å². The molecule has 0 saturated heterocycles. The molecule has 3 aliphatic carbocycles. The van der Waals surface area contributed by atoms with Gasteiger partial charge in [-0.05, 0) is 49.4 Å². The monoisotopic (exact) mass is 250 g/mol. The van der Waals surface area contributed by atoms with E-state index in [1.807, 2.05) is 0 Å². The summed E-state index contributed by atoms with van der Waals surface area (Å²) in [7, 11) is 0. The molecule has 0 radical (unpaired) electrons. The molecule has 0 aromatic rings. The molecule has 5 unspecified atom stereocenters. The van der Waals surface area contributed by atoms with E-state index in [0.717, 1.165) is 37.7 Å². The van der Waals surface area contributed by atoms with Crippen molar-refractivity contribution >= 4 is 5.97 Å². The van der Waals surface area contributed by atoms with Crippen LogP contribution >= 0.6 is 0 Å². The van der Waals surface area contributed by atoms with Crippen LogP contribution < -0.4 is 0 Å². The van der Waals surface area contributed by atoms with Gasteiger partial charge in [0, 0.05) is 5.41 Å². The van der Waals surface area contributed by atoms with Crippen molar-refractivity contribution in [1.29, 1.82) is 0 Å². The Morgan fingerprint density at radius 2 is 2.17 bits per heavy atom. The Hall–Kier alpha value is -0.830. The molecule has 3 fully saturated rings. The van der Waals surface area contributed by atoms with E-state index in [1.165, 1.54) is 0 Å². The molecule has 0 aromatic heterocycles. The normalized spacial score (nSPS) is 50.3. The van der Waals surface area contributed by atoms with Gasteiger partial charge in [-0.1, -0.05) is 19.1 Å². The number of rotatable bonds is 2. The number of hydrogen-bond acceptors (Lipinski definition) is 2. The molecule has 3 aliphatic rings. The highest BCUT2D eigenvalue weighted by molar-refractivity contribution is 5.72. The number of hydrogen-bond donors (Lipinski definition) is 2. The Labute approximate surface area is 108 Å². The lowest BCUT2D eigenvalue weighted by atomic mass is 9.55. The van der Waals surface area contributed by atoms with Gasteiger partial charge in [-0.3, -0.25) is 4.79 Å². The Bertz CT molecular complexity index is 416. The van der Waals surface area contributed by atoms with Gasteiger partial charge in [-0.25, -0.2) is 0 Å². The highest BCUT2D eigenvalue weighted by atomic mass is 16.4.